The molecule has 5 heterocycles. The van der Waals surface area contributed by atoms with Gasteiger partial charge in [-0.15, -0.1) is 0 Å². The Balaban J connectivity index is 1.22. The third-order valence-electron chi connectivity index (χ3n) is 11.8. The predicted molar refractivity (Wildman–Crippen MR) is 190 cm³/mol. The summed E-state index contributed by atoms with van der Waals surface area (Å²) in [5, 5.41) is 7.41. The molecule has 3 amide bonds. The highest BCUT2D eigenvalue weighted by Gasteiger charge is 2.51. The van der Waals surface area contributed by atoms with E-state index in [0.29, 0.717) is 68.9 Å². The summed E-state index contributed by atoms with van der Waals surface area (Å²) in [5.41, 5.74) is 0.682. The minimum absolute atomic E-state index is 0.0161. The van der Waals surface area contributed by atoms with Crippen LogP contribution in [0.15, 0.2) is 41.2 Å². The number of halogens is 1. The molecule has 2 aromatic rings. The number of aromatic nitrogens is 2. The van der Waals surface area contributed by atoms with Crippen LogP contribution in [0.1, 0.15) is 63.4 Å². The first-order valence-corrected chi connectivity index (χ1v) is 18.8. The van der Waals surface area contributed by atoms with Crippen LogP contribution >= 0.6 is 11.6 Å². The highest BCUT2D eigenvalue weighted by atomic mass is 35.5. The maximum absolute atomic E-state index is 15.1. The van der Waals surface area contributed by atoms with E-state index in [4.69, 9.17) is 16.3 Å². The van der Waals surface area contributed by atoms with Gasteiger partial charge in [0.2, 0.25) is 11.8 Å². The highest BCUT2D eigenvalue weighted by molar-refractivity contribution is 6.30. The van der Waals surface area contributed by atoms with Gasteiger partial charge in [0.15, 0.2) is 0 Å². The molecular weight excluding hydrogens is 658 g/mol. The van der Waals surface area contributed by atoms with Crippen molar-refractivity contribution in [2.75, 3.05) is 64.4 Å². The Morgan fingerprint density at radius 3 is 2.30 bits per heavy atom. The second kappa shape index (κ2) is 15.0. The summed E-state index contributed by atoms with van der Waals surface area (Å²) in [5.74, 6) is 0.418. The Bertz CT molecular complexity index is 1560. The minimum Gasteiger partial charge on any atom is -0.368 e. The molecule has 0 spiro atoms. The van der Waals surface area contributed by atoms with E-state index in [9.17, 15) is 14.4 Å². The Morgan fingerprint density at radius 1 is 0.900 bits per heavy atom. The summed E-state index contributed by atoms with van der Waals surface area (Å²) in [6, 6.07) is 9.84. The van der Waals surface area contributed by atoms with Gasteiger partial charge in [-0.05, 0) is 81.7 Å². The maximum Gasteiger partial charge on any atom is 0.264 e. The number of H-pyrrole nitrogens is 1. The molecule has 5 atom stereocenters. The molecule has 0 unspecified atom stereocenters. The number of benzene rings is 1. The summed E-state index contributed by atoms with van der Waals surface area (Å²) in [6.07, 6.45) is 5.47. The zero-order valence-corrected chi connectivity index (χ0v) is 30.0. The lowest BCUT2D eigenvalue weighted by molar-refractivity contribution is -0.148. The number of hydrogen-bond acceptors (Lipinski definition) is 8. The van der Waals surface area contributed by atoms with Crippen LogP contribution in [-0.2, 0) is 19.1 Å². The van der Waals surface area contributed by atoms with Crippen molar-refractivity contribution in [1.29, 1.82) is 0 Å². The summed E-state index contributed by atoms with van der Waals surface area (Å²) in [7, 11) is 2.06. The molecule has 12 nitrogen and oxygen atoms in total. The second-order valence-electron chi connectivity index (χ2n) is 15.1. The Hall–Kier alpha value is -3.48. The molecule has 1 N–H and O–H groups in total. The van der Waals surface area contributed by atoms with Gasteiger partial charge < -0.3 is 29.2 Å². The molecule has 1 aromatic carbocycles. The van der Waals surface area contributed by atoms with E-state index in [1.54, 1.807) is 6.07 Å². The van der Waals surface area contributed by atoms with Gasteiger partial charge in [0.05, 0.1) is 12.0 Å². The molecule has 7 rings (SSSR count). The number of likely N-dealkylation sites (N-methyl/N-ethyl adjacent to an activating group) is 1. The van der Waals surface area contributed by atoms with E-state index in [2.05, 4.69) is 34.0 Å². The number of carbonyl (C=O) groups is 3. The monoisotopic (exact) mass is 707 g/mol. The molecule has 270 valence electrons. The first kappa shape index (κ1) is 34.9. The van der Waals surface area contributed by atoms with Crippen molar-refractivity contribution in [3.8, 4) is 0 Å². The molecule has 5 fully saturated rings. The lowest BCUT2D eigenvalue weighted by Crippen LogP contribution is -2.54. The van der Waals surface area contributed by atoms with Crippen molar-refractivity contribution in [3.05, 3.63) is 57.3 Å². The molecule has 13 heteroatoms. The number of hydrogen-bond donors (Lipinski definition) is 1. The van der Waals surface area contributed by atoms with E-state index in [1.165, 1.54) is 6.07 Å². The second-order valence-corrected chi connectivity index (χ2v) is 15.6. The number of amides is 3. The van der Waals surface area contributed by atoms with Gasteiger partial charge in [0.1, 0.15) is 18.0 Å². The van der Waals surface area contributed by atoms with Crippen molar-refractivity contribution in [1.82, 2.24) is 29.8 Å². The fraction of sp³-hybridized carbons (Fsp3) is 0.649. The van der Waals surface area contributed by atoms with Crippen LogP contribution in [0.3, 0.4) is 0 Å². The van der Waals surface area contributed by atoms with Crippen LogP contribution in [0.4, 0.5) is 5.82 Å². The largest absolute Gasteiger partial charge is 0.368 e. The van der Waals surface area contributed by atoms with Gasteiger partial charge in [-0.3, -0.25) is 19.2 Å². The first-order valence-electron chi connectivity index (χ1n) is 18.4. The predicted octanol–water partition coefficient (Wildman–Crippen LogP) is 2.97. The first-order chi connectivity index (χ1) is 24.2. The summed E-state index contributed by atoms with van der Waals surface area (Å²) >= 11 is 6.27. The number of ether oxygens (including phenoxy) is 1. The van der Waals surface area contributed by atoms with E-state index >= 15 is 4.79 Å². The van der Waals surface area contributed by atoms with Crippen molar-refractivity contribution in [2.24, 2.45) is 11.8 Å². The van der Waals surface area contributed by atoms with Gasteiger partial charge in [-0.1, -0.05) is 30.7 Å². The van der Waals surface area contributed by atoms with Crippen LogP contribution in [0.2, 0.25) is 5.02 Å². The number of likely N-dealkylation sites (tertiary alicyclic amines) is 1. The van der Waals surface area contributed by atoms with Crippen molar-refractivity contribution in [2.45, 2.75) is 82.0 Å². The van der Waals surface area contributed by atoms with Crippen LogP contribution < -0.4 is 10.5 Å². The number of carbonyl (C=O) groups excluding carboxylic acids is 3. The number of anilines is 1. The van der Waals surface area contributed by atoms with Crippen LogP contribution in [0, 0.1) is 11.8 Å². The minimum atomic E-state index is -0.663. The van der Waals surface area contributed by atoms with Gasteiger partial charge in [0, 0.05) is 75.5 Å². The third kappa shape index (κ3) is 7.29. The van der Waals surface area contributed by atoms with Gasteiger partial charge >= 0.3 is 0 Å². The smallest absolute Gasteiger partial charge is 0.264 e. The van der Waals surface area contributed by atoms with E-state index < -0.39 is 18.1 Å². The van der Waals surface area contributed by atoms with Gasteiger partial charge in [0.25, 0.3) is 11.5 Å². The Kier molecular flexibility index (Phi) is 10.5. The van der Waals surface area contributed by atoms with Crippen LogP contribution in [0.25, 0.3) is 0 Å². The molecule has 50 heavy (non-hydrogen) atoms. The van der Waals surface area contributed by atoms with Gasteiger partial charge in [-0.25, -0.2) is 5.10 Å². The lowest BCUT2D eigenvalue weighted by Gasteiger charge is -2.41. The normalized spacial score (nSPS) is 30.5. The summed E-state index contributed by atoms with van der Waals surface area (Å²) in [6.45, 7) is 6.84. The fourth-order valence-corrected chi connectivity index (χ4v) is 8.99. The molecule has 0 bridgehead atoms. The molecular formula is C37H50ClN7O5. The average Bonchev–Trinajstić information content (AvgIpc) is 3.91. The third-order valence-corrected chi connectivity index (χ3v) is 12.1. The number of aromatic amines is 1. The van der Waals surface area contributed by atoms with Gasteiger partial charge in [-0.2, -0.15) is 5.10 Å². The number of rotatable bonds is 7. The molecule has 1 aliphatic carbocycles. The van der Waals surface area contributed by atoms with E-state index in [1.807, 2.05) is 39.0 Å². The topological polar surface area (TPSA) is 122 Å². The van der Waals surface area contributed by atoms with E-state index in [0.717, 1.165) is 50.8 Å². The van der Waals surface area contributed by atoms with Crippen molar-refractivity contribution in [3.63, 3.8) is 0 Å². The number of nitrogens with zero attached hydrogens (tertiary/aromatic N) is 6. The molecule has 1 aromatic heterocycles. The maximum atomic E-state index is 15.1. The number of nitrogens with one attached hydrogen (secondary N) is 1. The Labute approximate surface area is 299 Å². The number of piperazine rings is 1. The molecule has 4 saturated heterocycles. The molecule has 5 aliphatic rings. The fourth-order valence-electron chi connectivity index (χ4n) is 8.86. The zero-order chi connectivity index (χ0) is 34.9. The van der Waals surface area contributed by atoms with E-state index in [-0.39, 0.29) is 41.3 Å². The van der Waals surface area contributed by atoms with Crippen molar-refractivity contribution >= 4 is 35.1 Å². The Morgan fingerprint density at radius 2 is 1.64 bits per heavy atom. The standard InChI is InChI=1S/C37H50ClN7O5/c1-24-5-11-27(12-6-24)45(37(49)32-4-3-19-50-32)28-20-31(36(48)42-17-15-41(2)16-18-42)44(21-28)35(47)30-23-43(33-13-14-34(46)40-39-33)22-29(30)25-7-9-26(38)10-8-25/h7-10,13-14,24,27-32H,3-6,11-12,15-23H2,1-2H3,(H,40,46)/t24?,27?,28-,29-,30+,31-,32-/m0/s1. The lowest BCUT2D eigenvalue weighted by atomic mass is 9.85. The molecule has 4 aliphatic heterocycles. The quantitative estimate of drug-likeness (QED) is 0.467. The van der Waals surface area contributed by atoms with Crippen LogP contribution in [0.5, 0.6) is 0 Å². The average molecular weight is 708 g/mol. The molecule has 1 saturated carbocycles. The zero-order valence-electron chi connectivity index (χ0n) is 29.2. The molecule has 0 radical (unpaired) electrons. The van der Waals surface area contributed by atoms with Crippen molar-refractivity contribution < 1.29 is 19.1 Å². The summed E-state index contributed by atoms with van der Waals surface area (Å²) in [4.78, 5) is 65.7. The summed E-state index contributed by atoms with van der Waals surface area (Å²) < 4.78 is 5.94. The highest BCUT2D eigenvalue weighted by Crippen LogP contribution is 2.40. The SMILES string of the molecule is CC1CCC(N(C(=O)[C@@H]2CCCO2)[C@H]2C[C@@H](C(=O)N3CCN(C)CC3)N(C(=O)[C@@H]3CN(c4ccc(=O)[nH]n4)C[C@H]3c3ccc(Cl)cc3)C2)CC1. The van der Waals surface area contributed by atoms with Crippen LogP contribution in [-0.4, -0.2) is 131 Å².